The van der Waals surface area contributed by atoms with Crippen molar-refractivity contribution in [2.75, 3.05) is 0 Å². The number of aliphatic hydroxyl groups is 1. The summed E-state index contributed by atoms with van der Waals surface area (Å²) in [6.45, 7) is 1.60. The third kappa shape index (κ3) is 2.20. The Morgan fingerprint density at radius 1 is 1.27 bits per heavy atom. The number of hydrogen-bond donors (Lipinski definition) is 2. The monoisotopic (exact) mass is 315 g/mol. The molecule has 0 atom stereocenters. The highest BCUT2D eigenvalue weighted by Crippen LogP contribution is 2.45. The molecule has 8 heteroatoms. The highest BCUT2D eigenvalue weighted by molar-refractivity contribution is 5.85. The van der Waals surface area contributed by atoms with Crippen molar-refractivity contribution in [1.82, 2.24) is 15.5 Å². The fourth-order valence-electron chi connectivity index (χ4n) is 3.21. The van der Waals surface area contributed by atoms with Gasteiger partial charge in [-0.1, -0.05) is 18.0 Å². The zero-order valence-electron chi connectivity index (χ0n) is 12.4. The molecule has 1 aromatic heterocycles. The largest absolute Gasteiger partial charge is 0.383 e. The van der Waals surface area contributed by atoms with E-state index in [1.165, 1.54) is 0 Å². The lowest BCUT2D eigenvalue weighted by Crippen LogP contribution is -2.63. The molecule has 0 unspecified atom stereocenters. The number of nitrogens with one attached hydrogen (secondary N) is 1. The van der Waals surface area contributed by atoms with Gasteiger partial charge >= 0.3 is 5.92 Å². The smallest absolute Gasteiger partial charge is 0.352 e. The van der Waals surface area contributed by atoms with Gasteiger partial charge < -0.3 is 14.9 Å². The summed E-state index contributed by atoms with van der Waals surface area (Å²) in [4.78, 5) is 16.2. The minimum absolute atomic E-state index is 0.0677. The van der Waals surface area contributed by atoms with Gasteiger partial charge in [0.15, 0.2) is 5.82 Å². The molecule has 2 saturated carbocycles. The molecule has 0 spiro atoms. The second kappa shape index (κ2) is 4.97. The van der Waals surface area contributed by atoms with Crippen molar-refractivity contribution in [3.8, 4) is 0 Å². The predicted molar refractivity (Wildman–Crippen MR) is 71.1 cm³/mol. The van der Waals surface area contributed by atoms with Gasteiger partial charge in [-0.05, 0) is 32.1 Å². The van der Waals surface area contributed by atoms with Gasteiger partial charge in [-0.2, -0.15) is 13.8 Å². The van der Waals surface area contributed by atoms with E-state index in [1.54, 1.807) is 6.92 Å². The molecule has 0 aliphatic heterocycles. The molecule has 0 bridgehead atoms. The number of carbonyl (C=O) groups excluding carboxylic acids is 1. The minimum atomic E-state index is -3.82. The van der Waals surface area contributed by atoms with Crippen LogP contribution in [0.3, 0.4) is 0 Å². The summed E-state index contributed by atoms with van der Waals surface area (Å²) in [6.07, 6.45) is 2.88. The van der Waals surface area contributed by atoms with Gasteiger partial charge in [0.25, 0.3) is 5.91 Å². The Bertz CT molecular complexity index is 578. The summed E-state index contributed by atoms with van der Waals surface area (Å²) in [5.41, 5.74) is -3.26. The van der Waals surface area contributed by atoms with E-state index in [9.17, 15) is 18.7 Å². The van der Waals surface area contributed by atoms with Crippen molar-refractivity contribution >= 4 is 5.91 Å². The SMILES string of the molecule is Cc1nc(C2(NC(=O)C(F)(F)C3(O)CCC3)CCCC2)no1. The zero-order chi connectivity index (χ0) is 16.0. The Labute approximate surface area is 126 Å². The lowest BCUT2D eigenvalue weighted by molar-refractivity contribution is -0.217. The molecular weight excluding hydrogens is 296 g/mol. The number of alkyl halides is 2. The van der Waals surface area contributed by atoms with E-state index in [0.29, 0.717) is 25.2 Å². The van der Waals surface area contributed by atoms with Crippen molar-refractivity contribution in [2.45, 2.75) is 68.9 Å². The predicted octanol–water partition coefficient (Wildman–Crippen LogP) is 1.81. The van der Waals surface area contributed by atoms with Crippen molar-refractivity contribution < 1.29 is 23.2 Å². The normalized spacial score (nSPS) is 23.1. The Balaban J connectivity index is 1.84. The van der Waals surface area contributed by atoms with E-state index in [1.807, 2.05) is 0 Å². The zero-order valence-corrected chi connectivity index (χ0v) is 12.4. The first-order valence-corrected chi connectivity index (χ1v) is 7.53. The van der Waals surface area contributed by atoms with Crippen molar-refractivity contribution in [3.05, 3.63) is 11.7 Å². The van der Waals surface area contributed by atoms with Gasteiger partial charge in [-0.3, -0.25) is 4.79 Å². The van der Waals surface area contributed by atoms with Crippen molar-refractivity contribution in [3.63, 3.8) is 0 Å². The van der Waals surface area contributed by atoms with Crippen molar-refractivity contribution in [2.24, 2.45) is 0 Å². The summed E-state index contributed by atoms with van der Waals surface area (Å²) < 4.78 is 33.4. The van der Waals surface area contributed by atoms with E-state index in [0.717, 1.165) is 12.8 Å². The molecule has 1 aromatic rings. The topological polar surface area (TPSA) is 88.2 Å². The van der Waals surface area contributed by atoms with Gasteiger partial charge in [0, 0.05) is 6.92 Å². The Morgan fingerprint density at radius 3 is 2.36 bits per heavy atom. The van der Waals surface area contributed by atoms with E-state index in [-0.39, 0.29) is 18.7 Å². The fraction of sp³-hybridized carbons (Fsp3) is 0.786. The Kier molecular flexibility index (Phi) is 3.47. The number of aromatic nitrogens is 2. The average molecular weight is 315 g/mol. The van der Waals surface area contributed by atoms with Crippen LogP contribution in [0.25, 0.3) is 0 Å². The van der Waals surface area contributed by atoms with Crippen LogP contribution in [-0.2, 0) is 10.3 Å². The minimum Gasteiger partial charge on any atom is -0.383 e. The van der Waals surface area contributed by atoms with Crippen molar-refractivity contribution in [1.29, 1.82) is 0 Å². The first kappa shape index (κ1) is 15.3. The second-order valence-corrected chi connectivity index (χ2v) is 6.34. The number of amides is 1. The van der Waals surface area contributed by atoms with Crippen LogP contribution in [-0.4, -0.2) is 32.7 Å². The van der Waals surface area contributed by atoms with E-state index in [4.69, 9.17) is 4.52 Å². The van der Waals surface area contributed by atoms with Crippen LogP contribution in [0.4, 0.5) is 8.78 Å². The van der Waals surface area contributed by atoms with E-state index < -0.39 is 23.0 Å². The maximum atomic E-state index is 14.3. The molecule has 0 radical (unpaired) electrons. The van der Waals surface area contributed by atoms with Crippen LogP contribution >= 0.6 is 0 Å². The molecule has 0 aromatic carbocycles. The second-order valence-electron chi connectivity index (χ2n) is 6.34. The van der Waals surface area contributed by atoms with E-state index >= 15 is 0 Å². The quantitative estimate of drug-likeness (QED) is 0.885. The van der Waals surface area contributed by atoms with Crippen LogP contribution < -0.4 is 5.32 Å². The lowest BCUT2D eigenvalue weighted by Gasteiger charge is -2.42. The maximum Gasteiger partial charge on any atom is 0.352 e. The van der Waals surface area contributed by atoms with Crippen LogP contribution in [0.1, 0.15) is 56.7 Å². The number of hydrogen-bond acceptors (Lipinski definition) is 5. The van der Waals surface area contributed by atoms with Crippen LogP contribution in [0, 0.1) is 6.92 Å². The first-order valence-electron chi connectivity index (χ1n) is 7.53. The molecule has 1 amide bonds. The maximum absolute atomic E-state index is 14.3. The highest BCUT2D eigenvalue weighted by Gasteiger charge is 2.62. The van der Waals surface area contributed by atoms with Crippen LogP contribution in [0.2, 0.25) is 0 Å². The number of rotatable bonds is 4. The number of aryl methyl sites for hydroxylation is 1. The average Bonchev–Trinajstić information content (AvgIpc) is 3.05. The molecule has 0 saturated heterocycles. The Morgan fingerprint density at radius 2 is 1.91 bits per heavy atom. The van der Waals surface area contributed by atoms with Crippen LogP contribution in [0.15, 0.2) is 4.52 Å². The number of carbonyl (C=O) groups is 1. The third-order valence-electron chi connectivity index (χ3n) is 4.82. The number of halogens is 2. The summed E-state index contributed by atoms with van der Waals surface area (Å²) in [7, 11) is 0. The molecule has 2 fully saturated rings. The summed E-state index contributed by atoms with van der Waals surface area (Å²) in [5, 5.41) is 16.1. The Hall–Kier alpha value is -1.57. The molecule has 1 heterocycles. The van der Waals surface area contributed by atoms with Crippen LogP contribution in [0.5, 0.6) is 0 Å². The molecule has 6 nitrogen and oxygen atoms in total. The third-order valence-corrected chi connectivity index (χ3v) is 4.82. The molecule has 122 valence electrons. The van der Waals surface area contributed by atoms with Gasteiger partial charge in [0.05, 0.1) is 0 Å². The highest BCUT2D eigenvalue weighted by atomic mass is 19.3. The summed E-state index contributed by atoms with van der Waals surface area (Å²) in [5.74, 6) is -4.73. The molecule has 2 aliphatic carbocycles. The first-order chi connectivity index (χ1) is 10.3. The summed E-state index contributed by atoms with van der Waals surface area (Å²) in [6, 6.07) is 0. The molecule has 2 aliphatic rings. The molecular formula is C14H19F2N3O3. The van der Waals surface area contributed by atoms with Gasteiger partial charge in [-0.25, -0.2) is 0 Å². The van der Waals surface area contributed by atoms with E-state index in [2.05, 4.69) is 15.5 Å². The lowest BCUT2D eigenvalue weighted by atomic mass is 9.75. The van der Waals surface area contributed by atoms with Gasteiger partial charge in [-0.15, -0.1) is 0 Å². The van der Waals surface area contributed by atoms with Gasteiger partial charge in [0.2, 0.25) is 5.89 Å². The molecule has 2 N–H and O–H groups in total. The van der Waals surface area contributed by atoms with Gasteiger partial charge in [0.1, 0.15) is 11.1 Å². The summed E-state index contributed by atoms with van der Waals surface area (Å²) >= 11 is 0. The number of nitrogens with zero attached hydrogens (tertiary/aromatic N) is 2. The molecule has 3 rings (SSSR count). The molecule has 22 heavy (non-hydrogen) atoms. The fourth-order valence-corrected chi connectivity index (χ4v) is 3.21. The standard InChI is InChI=1S/C14H19F2N3O3/c1-9-17-10(19-22-9)12(5-2-3-6-12)18-11(20)14(15,16)13(21)7-4-8-13/h21H,2-8H2,1H3,(H,18,20).